The Morgan fingerprint density at radius 2 is 1.38 bits per heavy atom. The topological polar surface area (TPSA) is 336 Å². The first-order valence-corrected chi connectivity index (χ1v) is 22.2. The Balaban J connectivity index is 2.32. The average Bonchev–Trinajstić information content (AvgIpc) is 3.72. The summed E-state index contributed by atoms with van der Waals surface area (Å²) in [6.07, 6.45) is 2.07. The van der Waals surface area contributed by atoms with Gasteiger partial charge in [-0.25, -0.2) is 4.79 Å². The van der Waals surface area contributed by atoms with Crippen LogP contribution in [0.1, 0.15) is 78.7 Å². The highest BCUT2D eigenvalue weighted by molar-refractivity contribution is 7.98. The first-order chi connectivity index (χ1) is 29.6. The summed E-state index contributed by atoms with van der Waals surface area (Å²) in [5, 5.41) is 53.4. The number of aliphatic hydroxyl groups is 1. The molecule has 22 heteroatoms. The molecule has 7 amide bonds. The average molecular weight is 909 g/mol. The van der Waals surface area contributed by atoms with Gasteiger partial charge in [0.2, 0.25) is 41.4 Å². The molecule has 0 aromatic heterocycles. The molecule has 12 N–H and O–H groups in total. The van der Waals surface area contributed by atoms with Crippen molar-refractivity contribution in [3.63, 3.8) is 0 Å². The molecule has 0 bridgehead atoms. The van der Waals surface area contributed by atoms with Gasteiger partial charge in [0.15, 0.2) is 0 Å². The summed E-state index contributed by atoms with van der Waals surface area (Å²) in [7, 11) is 0. The predicted octanol–water partition coefficient (Wildman–Crippen LogP) is -1.42. The van der Waals surface area contributed by atoms with Crippen LogP contribution in [0, 0.1) is 11.8 Å². The number of hydrogen-bond acceptors (Lipinski definition) is 13. The molecule has 1 aromatic rings. The Kier molecular flexibility index (Phi) is 22.3. The quantitative estimate of drug-likeness (QED) is 0.0508. The molecule has 1 aliphatic heterocycles. The lowest BCUT2D eigenvalue weighted by molar-refractivity contribution is -0.147. The number of carboxylic acids is 2. The third-order valence-electron chi connectivity index (χ3n) is 10.5. The van der Waals surface area contributed by atoms with Crippen molar-refractivity contribution in [3.05, 3.63) is 29.8 Å². The van der Waals surface area contributed by atoms with Gasteiger partial charge in [-0.15, -0.1) is 0 Å². The number of phenolic OH excluding ortho intramolecular Hbond substituents is 1. The van der Waals surface area contributed by atoms with E-state index in [0.717, 1.165) is 0 Å². The number of aromatic hydroxyl groups is 1. The molecular formula is C41H64N8O13S. The number of amides is 7. The number of carbonyl (C=O) groups is 9. The van der Waals surface area contributed by atoms with Crippen LogP contribution >= 0.6 is 11.8 Å². The monoisotopic (exact) mass is 908 g/mol. The summed E-state index contributed by atoms with van der Waals surface area (Å²) in [6, 6.07) is -4.56. The number of carbonyl (C=O) groups excluding carboxylic acids is 7. The van der Waals surface area contributed by atoms with E-state index < -0.39 is 121 Å². The largest absolute Gasteiger partial charge is 0.508 e. The number of nitrogens with one attached hydrogen (secondary N) is 6. The SMILES string of the molecule is CC[C@H](C)[C@H](NC(=O)[C@H](Cc1ccc(O)cc1)NC(=O)[C@@H]1CCCN1C(=O)[C@H](C)NC(=O)[C@@H](N)CC(C)C)C(=O)N[C@@H](CO)C(=O)N[C@@H](CCSC)C(=O)N[C@@H](CC(=O)O)C(=O)O. The third-order valence-corrected chi connectivity index (χ3v) is 11.1. The summed E-state index contributed by atoms with van der Waals surface area (Å²) in [5.74, 6) is -8.77. The second-order valence-electron chi connectivity index (χ2n) is 16.0. The molecule has 0 spiro atoms. The van der Waals surface area contributed by atoms with Gasteiger partial charge in [0.05, 0.1) is 19.1 Å². The lowest BCUT2D eigenvalue weighted by atomic mass is 9.96. The zero-order valence-electron chi connectivity index (χ0n) is 36.5. The normalized spacial score (nSPS) is 17.4. The Morgan fingerprint density at radius 1 is 0.794 bits per heavy atom. The minimum absolute atomic E-state index is 0.0283. The fourth-order valence-electron chi connectivity index (χ4n) is 6.73. The van der Waals surface area contributed by atoms with Crippen molar-refractivity contribution in [2.24, 2.45) is 17.6 Å². The van der Waals surface area contributed by atoms with Crippen LogP contribution in [-0.2, 0) is 49.6 Å². The lowest BCUT2D eigenvalue weighted by Gasteiger charge is -2.30. The second kappa shape index (κ2) is 26.2. The molecule has 1 heterocycles. The molecule has 0 saturated carbocycles. The van der Waals surface area contributed by atoms with E-state index in [1.807, 2.05) is 13.8 Å². The number of aliphatic carboxylic acids is 2. The number of likely N-dealkylation sites (tertiary alicyclic amines) is 1. The van der Waals surface area contributed by atoms with E-state index in [4.69, 9.17) is 10.8 Å². The number of phenols is 1. The highest BCUT2D eigenvalue weighted by Gasteiger charge is 2.39. The van der Waals surface area contributed by atoms with Gasteiger partial charge in [0.1, 0.15) is 48.0 Å². The van der Waals surface area contributed by atoms with Crippen molar-refractivity contribution in [2.45, 2.75) is 128 Å². The first-order valence-electron chi connectivity index (χ1n) is 20.8. The van der Waals surface area contributed by atoms with Gasteiger partial charge < -0.3 is 63.0 Å². The van der Waals surface area contributed by atoms with Crippen molar-refractivity contribution in [1.82, 2.24) is 36.8 Å². The molecule has 0 unspecified atom stereocenters. The van der Waals surface area contributed by atoms with E-state index in [9.17, 15) is 58.5 Å². The van der Waals surface area contributed by atoms with E-state index in [2.05, 4.69) is 31.9 Å². The van der Waals surface area contributed by atoms with Crippen LogP contribution in [0.15, 0.2) is 24.3 Å². The van der Waals surface area contributed by atoms with Gasteiger partial charge in [0, 0.05) is 13.0 Å². The Labute approximate surface area is 370 Å². The van der Waals surface area contributed by atoms with E-state index >= 15 is 0 Å². The number of aliphatic hydroxyl groups excluding tert-OH is 1. The van der Waals surface area contributed by atoms with Crippen molar-refractivity contribution in [2.75, 3.05) is 25.2 Å². The molecule has 1 aliphatic rings. The third kappa shape index (κ3) is 17.3. The molecule has 63 heavy (non-hydrogen) atoms. The molecule has 1 aromatic carbocycles. The molecule has 2 rings (SSSR count). The maximum atomic E-state index is 14.1. The maximum Gasteiger partial charge on any atom is 0.326 e. The molecule has 9 atom stereocenters. The molecule has 1 fully saturated rings. The number of benzene rings is 1. The summed E-state index contributed by atoms with van der Waals surface area (Å²) < 4.78 is 0. The van der Waals surface area contributed by atoms with E-state index in [1.165, 1.54) is 47.9 Å². The highest BCUT2D eigenvalue weighted by Crippen LogP contribution is 2.20. The predicted molar refractivity (Wildman–Crippen MR) is 231 cm³/mol. The van der Waals surface area contributed by atoms with Crippen LogP contribution in [-0.4, -0.2) is 152 Å². The highest BCUT2D eigenvalue weighted by atomic mass is 32.2. The number of thioether (sulfide) groups is 1. The van der Waals surface area contributed by atoms with Crippen molar-refractivity contribution in [1.29, 1.82) is 0 Å². The molecule has 21 nitrogen and oxygen atoms in total. The zero-order chi connectivity index (χ0) is 47.6. The van der Waals surface area contributed by atoms with Gasteiger partial charge in [-0.05, 0) is 74.1 Å². The fourth-order valence-corrected chi connectivity index (χ4v) is 7.20. The Hall–Kier alpha value is -5.48. The number of rotatable bonds is 26. The summed E-state index contributed by atoms with van der Waals surface area (Å²) >= 11 is 1.30. The summed E-state index contributed by atoms with van der Waals surface area (Å²) in [6.45, 7) is 7.92. The number of nitrogens with zero attached hydrogens (tertiary/aromatic N) is 1. The minimum atomic E-state index is -1.80. The standard InChI is InChI=1S/C41H64N8O13S/c1-7-22(4)33(39(59)47-30(20-50)37(57)44-27(14-16-63-6)35(55)46-29(41(61)62)19-32(52)53)48-36(56)28(18-24-10-12-25(51)13-11-24)45-38(58)31-9-8-15-49(31)40(60)23(5)43-34(54)26(42)17-21(2)3/h10-13,21-23,26-31,33,50-51H,7-9,14-20,42H2,1-6H3,(H,43,54)(H,44,57)(H,45,58)(H,46,55)(H,47,59)(H,48,56)(H,52,53)(H,61,62)/t22-,23-,26-,27-,28-,29-,30-,31-,33-/m0/s1. The van der Waals surface area contributed by atoms with Gasteiger partial charge >= 0.3 is 11.9 Å². The Morgan fingerprint density at radius 3 is 1.94 bits per heavy atom. The van der Waals surface area contributed by atoms with Crippen LogP contribution in [0.2, 0.25) is 0 Å². The van der Waals surface area contributed by atoms with Gasteiger partial charge in [0.25, 0.3) is 0 Å². The smallest absolute Gasteiger partial charge is 0.326 e. The van der Waals surface area contributed by atoms with Crippen molar-refractivity contribution < 1.29 is 63.6 Å². The van der Waals surface area contributed by atoms with Gasteiger partial charge in [-0.1, -0.05) is 46.2 Å². The van der Waals surface area contributed by atoms with Crippen LogP contribution < -0.4 is 37.6 Å². The number of hydrogen-bond donors (Lipinski definition) is 11. The molecular weight excluding hydrogens is 845 g/mol. The minimum Gasteiger partial charge on any atom is -0.508 e. The molecule has 352 valence electrons. The van der Waals surface area contributed by atoms with Crippen LogP contribution in [0.3, 0.4) is 0 Å². The maximum absolute atomic E-state index is 14.1. The summed E-state index contributed by atoms with van der Waals surface area (Å²) in [4.78, 5) is 119. The van der Waals surface area contributed by atoms with Crippen LogP contribution in [0.4, 0.5) is 0 Å². The van der Waals surface area contributed by atoms with Gasteiger partial charge in [-0.3, -0.25) is 38.4 Å². The van der Waals surface area contributed by atoms with Crippen LogP contribution in [0.5, 0.6) is 5.75 Å². The molecule has 0 aliphatic carbocycles. The van der Waals surface area contributed by atoms with Crippen LogP contribution in [0.25, 0.3) is 0 Å². The van der Waals surface area contributed by atoms with Gasteiger partial charge in [-0.2, -0.15) is 11.8 Å². The van der Waals surface area contributed by atoms with E-state index in [0.29, 0.717) is 30.6 Å². The first kappa shape index (κ1) is 53.7. The van der Waals surface area contributed by atoms with E-state index in [-0.39, 0.29) is 37.5 Å². The molecule has 1 saturated heterocycles. The zero-order valence-corrected chi connectivity index (χ0v) is 37.4. The molecule has 0 radical (unpaired) electrons. The summed E-state index contributed by atoms with van der Waals surface area (Å²) in [5.41, 5.74) is 6.51. The second-order valence-corrected chi connectivity index (χ2v) is 17.0. The Bertz CT molecular complexity index is 1770. The van der Waals surface area contributed by atoms with E-state index in [1.54, 1.807) is 20.1 Å². The lowest BCUT2D eigenvalue weighted by Crippen LogP contribution is -2.61. The van der Waals surface area contributed by atoms with Crippen molar-refractivity contribution in [3.8, 4) is 5.75 Å². The number of nitrogens with two attached hydrogens (primary N) is 1. The fraction of sp³-hybridized carbons (Fsp3) is 0.634. The number of carboxylic acid groups (broad SMARTS) is 2. The van der Waals surface area contributed by atoms with Crippen molar-refractivity contribution >= 4 is 65.1 Å².